The highest BCUT2D eigenvalue weighted by molar-refractivity contribution is 5.95. The number of methoxy groups -OCH3 is 1. The maximum absolute atomic E-state index is 13.9. The zero-order valence-corrected chi connectivity index (χ0v) is 24.8. The van der Waals surface area contributed by atoms with Crippen LogP contribution in [-0.4, -0.2) is 62.9 Å². The molecule has 0 fully saturated rings. The predicted octanol–water partition coefficient (Wildman–Crippen LogP) is 4.67. The Morgan fingerprint density at radius 2 is 1.66 bits per heavy atom. The van der Waals surface area contributed by atoms with Crippen LogP contribution >= 0.6 is 0 Å². The quantitative estimate of drug-likeness (QED) is 0.384. The number of ketones is 1. The van der Waals surface area contributed by atoms with E-state index < -0.39 is 59.7 Å². The van der Waals surface area contributed by atoms with Gasteiger partial charge in [0.15, 0.2) is 5.82 Å². The number of alkyl halides is 3. The lowest BCUT2D eigenvalue weighted by Crippen LogP contribution is -2.51. The molecule has 0 spiro atoms. The van der Waals surface area contributed by atoms with Gasteiger partial charge in [0, 0.05) is 0 Å². The molecule has 12 nitrogen and oxygen atoms in total. The first-order valence-electron chi connectivity index (χ1n) is 13.3. The number of amides is 2. The van der Waals surface area contributed by atoms with Crippen molar-refractivity contribution in [1.29, 1.82) is 0 Å². The second kappa shape index (κ2) is 13.1. The van der Waals surface area contributed by atoms with E-state index in [1.165, 1.54) is 26.0 Å². The minimum atomic E-state index is -5.20. The summed E-state index contributed by atoms with van der Waals surface area (Å²) in [5, 5.41) is 2.09. The molecule has 2 heterocycles. The van der Waals surface area contributed by atoms with E-state index in [0.717, 1.165) is 33.7 Å². The van der Waals surface area contributed by atoms with Crippen LogP contribution in [0.15, 0.2) is 59.8 Å². The van der Waals surface area contributed by atoms with Gasteiger partial charge in [-0.3, -0.25) is 19.0 Å². The fourth-order valence-corrected chi connectivity index (χ4v) is 4.08. The summed E-state index contributed by atoms with van der Waals surface area (Å²) in [5.74, 6) is -4.32. The molecule has 0 saturated heterocycles. The summed E-state index contributed by atoms with van der Waals surface area (Å²) in [6.07, 6.45) is -4.90. The fraction of sp³-hybridized carbons (Fsp3) is 0.379. The Morgan fingerprint density at radius 1 is 1.02 bits per heavy atom. The van der Waals surface area contributed by atoms with Crippen LogP contribution in [0.1, 0.15) is 34.6 Å². The van der Waals surface area contributed by atoms with Gasteiger partial charge in [-0.15, -0.1) is 0 Å². The molecule has 1 atom stereocenters. The highest BCUT2D eigenvalue weighted by Crippen LogP contribution is 2.26. The molecular formula is C29H32F3N5O7. The molecule has 0 aliphatic rings. The van der Waals surface area contributed by atoms with Crippen molar-refractivity contribution in [1.82, 2.24) is 19.4 Å². The number of Topliss-reactive ketones (excluding diaryl/α,β-unsaturated/α-hetero) is 1. The van der Waals surface area contributed by atoms with Crippen molar-refractivity contribution >= 4 is 35.4 Å². The van der Waals surface area contributed by atoms with Gasteiger partial charge in [-0.05, 0) is 44.4 Å². The maximum atomic E-state index is 13.9. The molecule has 0 saturated carbocycles. The fourth-order valence-electron chi connectivity index (χ4n) is 4.08. The number of benzene rings is 1. The summed E-state index contributed by atoms with van der Waals surface area (Å²) in [7, 11) is 1.05. The lowest BCUT2D eigenvalue weighted by molar-refractivity contribution is -0.174. The van der Waals surface area contributed by atoms with E-state index in [-0.39, 0.29) is 17.2 Å². The Morgan fingerprint density at radius 3 is 2.20 bits per heavy atom. The third-order valence-electron chi connectivity index (χ3n) is 6.07. The topological polar surface area (TPSA) is 142 Å². The average molecular weight is 620 g/mol. The SMILES string of the molecule is COC(=O)N(c1cn(C(=O)OC(C)(C)C)cn1)c1ccc(-c2ccccc2)n(CC(=O)NC(C(=O)C(F)(F)F)C(C)C)c1=O. The summed E-state index contributed by atoms with van der Waals surface area (Å²) in [6.45, 7) is 6.81. The first-order valence-corrected chi connectivity index (χ1v) is 13.3. The maximum Gasteiger partial charge on any atom is 0.452 e. The minimum absolute atomic E-state index is 0.182. The largest absolute Gasteiger partial charge is 0.452 e. The van der Waals surface area contributed by atoms with E-state index in [1.807, 2.05) is 0 Å². The lowest BCUT2D eigenvalue weighted by atomic mass is 9.99. The van der Waals surface area contributed by atoms with Crippen LogP contribution < -0.4 is 15.8 Å². The highest BCUT2D eigenvalue weighted by Gasteiger charge is 2.45. The first-order chi connectivity index (χ1) is 20.4. The van der Waals surface area contributed by atoms with Crippen LogP contribution in [0.4, 0.5) is 34.3 Å². The summed E-state index contributed by atoms with van der Waals surface area (Å²) in [4.78, 5) is 69.2. The van der Waals surface area contributed by atoms with Crippen molar-refractivity contribution in [3.05, 3.63) is 65.3 Å². The van der Waals surface area contributed by atoms with E-state index in [1.54, 1.807) is 51.1 Å². The molecule has 3 aromatic rings. The van der Waals surface area contributed by atoms with Crippen LogP contribution in [0.25, 0.3) is 11.3 Å². The molecule has 0 aliphatic heterocycles. The molecule has 236 valence electrons. The number of carbonyl (C=O) groups is 4. The number of halogens is 3. The van der Waals surface area contributed by atoms with E-state index in [4.69, 9.17) is 9.47 Å². The van der Waals surface area contributed by atoms with Gasteiger partial charge in [-0.1, -0.05) is 44.2 Å². The van der Waals surface area contributed by atoms with Gasteiger partial charge in [-0.25, -0.2) is 24.0 Å². The van der Waals surface area contributed by atoms with Crippen molar-refractivity contribution in [3.63, 3.8) is 0 Å². The van der Waals surface area contributed by atoms with Gasteiger partial charge < -0.3 is 14.8 Å². The average Bonchev–Trinajstić information content (AvgIpc) is 3.42. The van der Waals surface area contributed by atoms with Crippen LogP contribution in [-0.2, 0) is 25.6 Å². The Hall–Kier alpha value is -4.95. The summed E-state index contributed by atoms with van der Waals surface area (Å²) < 4.78 is 51.6. The molecule has 1 aromatic carbocycles. The number of rotatable bonds is 8. The summed E-state index contributed by atoms with van der Waals surface area (Å²) >= 11 is 0. The van der Waals surface area contributed by atoms with Gasteiger partial charge in [0.1, 0.15) is 24.2 Å². The molecular weight excluding hydrogens is 587 g/mol. The first kappa shape index (κ1) is 33.6. The number of hydrogen-bond donors (Lipinski definition) is 1. The molecule has 1 N–H and O–H groups in total. The van der Waals surface area contributed by atoms with Crippen LogP contribution in [0.2, 0.25) is 0 Å². The summed E-state index contributed by atoms with van der Waals surface area (Å²) in [5.41, 5.74) is -1.48. The third-order valence-corrected chi connectivity index (χ3v) is 6.07. The lowest BCUT2D eigenvalue weighted by Gasteiger charge is -2.24. The third kappa shape index (κ3) is 7.90. The molecule has 0 aliphatic carbocycles. The Labute approximate surface area is 250 Å². The van der Waals surface area contributed by atoms with Gasteiger partial charge in [0.25, 0.3) is 11.3 Å². The van der Waals surface area contributed by atoms with Crippen molar-refractivity contribution in [2.24, 2.45) is 5.92 Å². The number of aromatic nitrogens is 3. The second-order valence-electron chi connectivity index (χ2n) is 10.9. The number of nitrogens with zero attached hydrogens (tertiary/aromatic N) is 4. The molecule has 15 heteroatoms. The molecule has 44 heavy (non-hydrogen) atoms. The van der Waals surface area contributed by atoms with E-state index >= 15 is 0 Å². The van der Waals surface area contributed by atoms with Crippen molar-refractivity contribution in [2.75, 3.05) is 12.0 Å². The van der Waals surface area contributed by atoms with E-state index in [2.05, 4.69) is 10.3 Å². The Balaban J connectivity index is 2.11. The number of hydrogen-bond acceptors (Lipinski definition) is 8. The second-order valence-corrected chi connectivity index (χ2v) is 10.9. The molecule has 3 rings (SSSR count). The number of anilines is 2. The van der Waals surface area contributed by atoms with Crippen LogP contribution in [0.5, 0.6) is 0 Å². The summed E-state index contributed by atoms with van der Waals surface area (Å²) in [6, 6.07) is 9.10. The zero-order valence-electron chi connectivity index (χ0n) is 24.8. The zero-order chi connectivity index (χ0) is 33.0. The van der Waals surface area contributed by atoms with Crippen molar-refractivity contribution in [3.8, 4) is 11.3 Å². The van der Waals surface area contributed by atoms with Crippen molar-refractivity contribution in [2.45, 2.75) is 59.0 Å². The monoisotopic (exact) mass is 619 g/mol. The van der Waals surface area contributed by atoms with Crippen molar-refractivity contribution < 1.29 is 41.8 Å². The van der Waals surface area contributed by atoms with Crippen LogP contribution in [0.3, 0.4) is 0 Å². The standard InChI is InChI=1S/C29H32F3N5O7/c1-17(2)23(24(39)29(30,31)32)34-22(38)15-36-19(18-10-8-7-9-11-18)12-13-20(25(36)40)37(27(42)43-6)21-14-35(16-33-21)26(41)44-28(3,4)5/h7-14,16-17,23H,15H2,1-6H3,(H,34,38). The number of pyridine rings is 1. The van der Waals surface area contributed by atoms with Gasteiger partial charge >= 0.3 is 18.4 Å². The molecule has 2 amide bonds. The number of ether oxygens (including phenoxy) is 2. The Bertz CT molecular complexity index is 1590. The molecule has 0 radical (unpaired) electrons. The van der Waals surface area contributed by atoms with E-state index in [0.29, 0.717) is 5.56 Å². The van der Waals surface area contributed by atoms with E-state index in [9.17, 15) is 37.1 Å². The molecule has 0 bridgehead atoms. The number of carbonyl (C=O) groups excluding carboxylic acids is 4. The number of nitrogens with one attached hydrogen (secondary N) is 1. The minimum Gasteiger partial charge on any atom is -0.452 e. The highest BCUT2D eigenvalue weighted by atomic mass is 19.4. The Kier molecular flexibility index (Phi) is 10.0. The van der Waals surface area contributed by atoms with Gasteiger partial charge in [-0.2, -0.15) is 13.2 Å². The van der Waals surface area contributed by atoms with Crippen LogP contribution in [0, 0.1) is 5.92 Å². The molecule has 2 aromatic heterocycles. The predicted molar refractivity (Wildman–Crippen MR) is 152 cm³/mol. The smallest absolute Gasteiger partial charge is 0.452 e. The number of imidazole rings is 1. The normalized spacial score (nSPS) is 12.4. The van der Waals surface area contributed by atoms with Gasteiger partial charge in [0.2, 0.25) is 5.91 Å². The molecule has 1 unspecified atom stereocenters. The van der Waals surface area contributed by atoms with Gasteiger partial charge in [0.05, 0.1) is 25.0 Å².